The lowest BCUT2D eigenvalue weighted by Gasteiger charge is -2.01. The molecule has 0 unspecified atom stereocenters. The molecule has 0 fully saturated rings. The fourth-order valence-corrected chi connectivity index (χ4v) is 1.98. The van der Waals surface area contributed by atoms with E-state index in [0.717, 1.165) is 11.8 Å². The maximum atomic E-state index is 13.1. The number of aldehydes is 1. The third-order valence-corrected chi connectivity index (χ3v) is 2.89. The highest BCUT2D eigenvalue weighted by atomic mass is 19.1. The summed E-state index contributed by atoms with van der Waals surface area (Å²) in [7, 11) is 0. The summed E-state index contributed by atoms with van der Waals surface area (Å²) >= 11 is 0. The van der Waals surface area contributed by atoms with Gasteiger partial charge in [0, 0.05) is 18.2 Å². The zero-order chi connectivity index (χ0) is 13.2. The van der Waals surface area contributed by atoms with Crippen molar-refractivity contribution in [1.82, 2.24) is 14.6 Å². The van der Waals surface area contributed by atoms with Crippen LogP contribution < -0.4 is 0 Å². The highest BCUT2D eigenvalue weighted by Gasteiger charge is 2.07. The van der Waals surface area contributed by atoms with Crippen LogP contribution in [0.1, 0.15) is 21.7 Å². The van der Waals surface area contributed by atoms with E-state index in [0.29, 0.717) is 23.5 Å². The number of carbonyl (C=O) groups excluding carboxylic acids is 1. The molecule has 0 saturated carbocycles. The fraction of sp³-hybridized carbons (Fsp3) is 0.0714. The molecule has 0 radical (unpaired) electrons. The number of rotatable bonds is 3. The predicted octanol–water partition coefficient (Wildman–Crippen LogP) is 2.27. The molecule has 3 rings (SSSR count). The van der Waals surface area contributed by atoms with E-state index in [9.17, 15) is 9.18 Å². The summed E-state index contributed by atoms with van der Waals surface area (Å²) < 4.78 is 14.9. The Balaban J connectivity index is 1.99. The number of fused-ring (bicyclic) bond motifs is 1. The molecule has 0 aliphatic heterocycles. The molecule has 0 atom stereocenters. The topological polar surface area (TPSA) is 47.3 Å². The molecule has 0 spiro atoms. The lowest BCUT2D eigenvalue weighted by atomic mass is 10.1. The van der Waals surface area contributed by atoms with Crippen molar-refractivity contribution >= 4 is 11.9 Å². The van der Waals surface area contributed by atoms with Gasteiger partial charge in [-0.05, 0) is 29.8 Å². The van der Waals surface area contributed by atoms with Gasteiger partial charge in [-0.1, -0.05) is 12.1 Å². The molecular formula is C14H10FN3O. The van der Waals surface area contributed by atoms with E-state index in [4.69, 9.17) is 0 Å². The van der Waals surface area contributed by atoms with Crippen LogP contribution in [0.3, 0.4) is 0 Å². The summed E-state index contributed by atoms with van der Waals surface area (Å²) in [6.07, 6.45) is 2.99. The number of nitrogens with zero attached hydrogens (tertiary/aromatic N) is 3. The zero-order valence-corrected chi connectivity index (χ0v) is 9.95. The van der Waals surface area contributed by atoms with Crippen molar-refractivity contribution in [2.45, 2.75) is 6.42 Å². The molecule has 4 nitrogen and oxygen atoms in total. The number of carbonyl (C=O) groups is 1. The number of hydrogen-bond acceptors (Lipinski definition) is 3. The van der Waals surface area contributed by atoms with Gasteiger partial charge in [0.25, 0.3) is 0 Å². The lowest BCUT2D eigenvalue weighted by molar-refractivity contribution is 0.112. The standard InChI is InChI=1S/C14H10FN3O/c15-12-3-1-2-10(6-12)7-13-16-17-14-8-11(9-19)4-5-18(13)14/h1-6,8-9H,7H2. The third-order valence-electron chi connectivity index (χ3n) is 2.89. The molecule has 0 aliphatic carbocycles. The van der Waals surface area contributed by atoms with Gasteiger partial charge < -0.3 is 0 Å². The van der Waals surface area contributed by atoms with Gasteiger partial charge >= 0.3 is 0 Å². The molecule has 0 amide bonds. The third kappa shape index (κ3) is 2.22. The van der Waals surface area contributed by atoms with Crippen LogP contribution in [0.2, 0.25) is 0 Å². The second-order valence-corrected chi connectivity index (χ2v) is 4.23. The smallest absolute Gasteiger partial charge is 0.161 e. The van der Waals surface area contributed by atoms with Gasteiger partial charge in [0.1, 0.15) is 17.9 Å². The van der Waals surface area contributed by atoms with Crippen molar-refractivity contribution in [3.05, 3.63) is 65.4 Å². The summed E-state index contributed by atoms with van der Waals surface area (Å²) in [5.41, 5.74) is 1.99. The van der Waals surface area contributed by atoms with Crippen LogP contribution in [0.4, 0.5) is 4.39 Å². The van der Waals surface area contributed by atoms with E-state index < -0.39 is 0 Å². The molecule has 3 aromatic rings. The van der Waals surface area contributed by atoms with E-state index in [1.807, 2.05) is 6.07 Å². The van der Waals surface area contributed by atoms with Crippen LogP contribution in [0.25, 0.3) is 5.65 Å². The SMILES string of the molecule is O=Cc1ccn2c(Cc3cccc(F)c3)nnc2c1. The van der Waals surface area contributed by atoms with E-state index in [-0.39, 0.29) is 5.82 Å². The Labute approximate surface area is 108 Å². The molecule has 2 heterocycles. The van der Waals surface area contributed by atoms with Gasteiger partial charge in [0.05, 0.1) is 0 Å². The largest absolute Gasteiger partial charge is 0.298 e. The predicted molar refractivity (Wildman–Crippen MR) is 67.6 cm³/mol. The van der Waals surface area contributed by atoms with Crippen molar-refractivity contribution in [2.75, 3.05) is 0 Å². The van der Waals surface area contributed by atoms with Crippen molar-refractivity contribution in [3.8, 4) is 0 Å². The van der Waals surface area contributed by atoms with Crippen molar-refractivity contribution in [1.29, 1.82) is 0 Å². The normalized spacial score (nSPS) is 10.8. The van der Waals surface area contributed by atoms with Crippen LogP contribution >= 0.6 is 0 Å². The Morgan fingerprint density at radius 2 is 2.11 bits per heavy atom. The molecule has 0 aliphatic rings. The number of halogens is 1. The van der Waals surface area contributed by atoms with Gasteiger partial charge in [-0.15, -0.1) is 10.2 Å². The van der Waals surface area contributed by atoms with Crippen LogP contribution in [-0.4, -0.2) is 20.9 Å². The molecule has 0 N–H and O–H groups in total. The Bertz CT molecular complexity index is 751. The van der Waals surface area contributed by atoms with Crippen molar-refractivity contribution in [2.24, 2.45) is 0 Å². The molecule has 19 heavy (non-hydrogen) atoms. The average Bonchev–Trinajstić information content (AvgIpc) is 2.81. The Hall–Kier alpha value is -2.56. The van der Waals surface area contributed by atoms with Gasteiger partial charge in [0.15, 0.2) is 5.65 Å². The van der Waals surface area contributed by atoms with Crippen LogP contribution in [0, 0.1) is 5.82 Å². The fourth-order valence-electron chi connectivity index (χ4n) is 1.98. The summed E-state index contributed by atoms with van der Waals surface area (Å²) in [5, 5.41) is 8.08. The minimum absolute atomic E-state index is 0.269. The maximum Gasteiger partial charge on any atom is 0.161 e. The first-order valence-electron chi connectivity index (χ1n) is 5.79. The molecule has 0 bridgehead atoms. The monoisotopic (exact) mass is 255 g/mol. The molecule has 5 heteroatoms. The highest BCUT2D eigenvalue weighted by molar-refractivity contribution is 5.76. The quantitative estimate of drug-likeness (QED) is 0.674. The van der Waals surface area contributed by atoms with Crippen molar-refractivity contribution < 1.29 is 9.18 Å². The maximum absolute atomic E-state index is 13.1. The Kier molecular flexibility index (Phi) is 2.79. The second kappa shape index (κ2) is 4.61. The zero-order valence-electron chi connectivity index (χ0n) is 9.95. The van der Waals surface area contributed by atoms with E-state index in [2.05, 4.69) is 10.2 Å². The highest BCUT2D eigenvalue weighted by Crippen LogP contribution is 2.12. The second-order valence-electron chi connectivity index (χ2n) is 4.23. The summed E-state index contributed by atoms with van der Waals surface area (Å²) in [5.74, 6) is 0.438. The molecule has 2 aromatic heterocycles. The number of aromatic nitrogens is 3. The summed E-state index contributed by atoms with van der Waals surface area (Å²) in [6, 6.07) is 9.73. The molecule has 1 aromatic carbocycles. The van der Waals surface area contributed by atoms with Gasteiger partial charge in [-0.3, -0.25) is 9.20 Å². The average molecular weight is 255 g/mol. The molecule has 94 valence electrons. The Morgan fingerprint density at radius 3 is 2.89 bits per heavy atom. The van der Waals surface area contributed by atoms with Gasteiger partial charge in [-0.25, -0.2) is 4.39 Å². The molecular weight excluding hydrogens is 245 g/mol. The van der Waals surface area contributed by atoms with Gasteiger partial charge in [0.2, 0.25) is 0 Å². The lowest BCUT2D eigenvalue weighted by Crippen LogP contribution is -1.97. The van der Waals surface area contributed by atoms with E-state index in [1.165, 1.54) is 12.1 Å². The minimum atomic E-state index is -0.269. The summed E-state index contributed by atoms with van der Waals surface area (Å²) in [4.78, 5) is 10.7. The van der Waals surface area contributed by atoms with Crippen LogP contribution in [-0.2, 0) is 6.42 Å². The van der Waals surface area contributed by atoms with Gasteiger partial charge in [-0.2, -0.15) is 0 Å². The first-order chi connectivity index (χ1) is 9.26. The van der Waals surface area contributed by atoms with Crippen molar-refractivity contribution in [3.63, 3.8) is 0 Å². The minimum Gasteiger partial charge on any atom is -0.298 e. The van der Waals surface area contributed by atoms with Crippen LogP contribution in [0.15, 0.2) is 42.6 Å². The first kappa shape index (κ1) is 11.5. The van der Waals surface area contributed by atoms with Crippen LogP contribution in [0.5, 0.6) is 0 Å². The van der Waals surface area contributed by atoms with E-state index in [1.54, 1.807) is 28.8 Å². The summed E-state index contributed by atoms with van der Waals surface area (Å²) in [6.45, 7) is 0. The van der Waals surface area contributed by atoms with E-state index >= 15 is 0 Å². The number of hydrogen-bond donors (Lipinski definition) is 0. The first-order valence-corrected chi connectivity index (χ1v) is 5.79. The Morgan fingerprint density at radius 1 is 1.21 bits per heavy atom. The number of pyridine rings is 1. The molecule has 0 saturated heterocycles. The number of benzene rings is 1.